The Labute approximate surface area is 166 Å². The van der Waals surface area contributed by atoms with Crippen LogP contribution in [0.1, 0.15) is 27.5 Å². The van der Waals surface area contributed by atoms with E-state index in [1.54, 1.807) is 23.0 Å². The Morgan fingerprint density at radius 2 is 2.00 bits per heavy atom. The third-order valence-electron chi connectivity index (χ3n) is 4.31. The predicted octanol–water partition coefficient (Wildman–Crippen LogP) is 3.02. The van der Waals surface area contributed by atoms with Crippen molar-refractivity contribution in [1.29, 1.82) is 0 Å². The van der Waals surface area contributed by atoms with E-state index in [1.807, 2.05) is 18.2 Å². The number of amides is 2. The molecule has 6 nitrogen and oxygen atoms in total. The average molecular weight is 401 g/mol. The second kappa shape index (κ2) is 8.22. The molecule has 2 amide bonds. The number of nitrogens with two attached hydrogens (primary N) is 1. The molecular weight excluding hydrogens is 383 g/mol. The number of halogens is 2. The van der Waals surface area contributed by atoms with Crippen LogP contribution in [0.3, 0.4) is 0 Å². The molecule has 1 atom stereocenters. The number of likely N-dealkylation sites (N-methyl/N-ethyl adjacent to an activating group) is 1. The summed E-state index contributed by atoms with van der Waals surface area (Å²) in [5, 5.41) is 4.78. The van der Waals surface area contributed by atoms with Crippen molar-refractivity contribution in [2.24, 2.45) is 5.73 Å². The maximum Gasteiger partial charge on any atom is 0.257 e. The van der Waals surface area contributed by atoms with Crippen molar-refractivity contribution in [2.45, 2.75) is 12.6 Å². The standard InChI is InChI=1S/C20H18ClFN4O2/c1-25(18(19(23)27)13-6-4-7-16(22)9-13)20(28)15-10-24-26(12-15)11-14-5-2-3-8-17(14)21/h2-10,12,18H,11H2,1H3,(H2,23,27). The van der Waals surface area contributed by atoms with E-state index in [0.717, 1.165) is 5.56 Å². The lowest BCUT2D eigenvalue weighted by molar-refractivity contribution is -0.122. The van der Waals surface area contributed by atoms with Crippen LogP contribution in [0.25, 0.3) is 0 Å². The van der Waals surface area contributed by atoms with Gasteiger partial charge in [0.15, 0.2) is 0 Å². The lowest BCUT2D eigenvalue weighted by atomic mass is 10.0. The maximum absolute atomic E-state index is 13.5. The fraction of sp³-hybridized carbons (Fsp3) is 0.150. The monoisotopic (exact) mass is 400 g/mol. The molecule has 0 aliphatic carbocycles. The minimum Gasteiger partial charge on any atom is -0.368 e. The van der Waals surface area contributed by atoms with Crippen molar-refractivity contribution in [3.8, 4) is 0 Å². The highest BCUT2D eigenvalue weighted by atomic mass is 35.5. The number of primary amides is 1. The molecule has 0 aliphatic rings. The van der Waals surface area contributed by atoms with Gasteiger partial charge in [-0.05, 0) is 29.3 Å². The third kappa shape index (κ3) is 4.20. The van der Waals surface area contributed by atoms with E-state index in [4.69, 9.17) is 17.3 Å². The summed E-state index contributed by atoms with van der Waals surface area (Å²) in [6.07, 6.45) is 2.96. The number of carbonyl (C=O) groups excluding carboxylic acids is 2. The fourth-order valence-corrected chi connectivity index (χ4v) is 3.13. The van der Waals surface area contributed by atoms with Gasteiger partial charge in [-0.25, -0.2) is 4.39 Å². The van der Waals surface area contributed by atoms with Gasteiger partial charge in [-0.3, -0.25) is 14.3 Å². The first-order valence-electron chi connectivity index (χ1n) is 8.44. The van der Waals surface area contributed by atoms with E-state index in [-0.39, 0.29) is 5.56 Å². The summed E-state index contributed by atoms with van der Waals surface area (Å²) in [5.74, 6) is -1.74. The number of nitrogens with zero attached hydrogens (tertiary/aromatic N) is 3. The van der Waals surface area contributed by atoms with E-state index in [1.165, 1.54) is 36.3 Å². The van der Waals surface area contributed by atoms with Crippen LogP contribution in [-0.2, 0) is 11.3 Å². The minimum absolute atomic E-state index is 0.275. The second-order valence-electron chi connectivity index (χ2n) is 6.29. The molecule has 0 saturated heterocycles. The zero-order valence-corrected chi connectivity index (χ0v) is 15.8. The first-order valence-corrected chi connectivity index (χ1v) is 8.82. The van der Waals surface area contributed by atoms with Crippen LogP contribution in [0.15, 0.2) is 60.9 Å². The van der Waals surface area contributed by atoms with E-state index >= 15 is 0 Å². The van der Waals surface area contributed by atoms with Crippen LogP contribution in [0.5, 0.6) is 0 Å². The molecule has 28 heavy (non-hydrogen) atoms. The quantitative estimate of drug-likeness (QED) is 0.690. The molecule has 144 valence electrons. The lowest BCUT2D eigenvalue weighted by Crippen LogP contribution is -2.39. The Balaban J connectivity index is 1.82. The molecule has 0 radical (unpaired) electrons. The highest BCUT2D eigenvalue weighted by molar-refractivity contribution is 6.31. The topological polar surface area (TPSA) is 81.2 Å². The van der Waals surface area contributed by atoms with Crippen molar-refractivity contribution in [3.63, 3.8) is 0 Å². The second-order valence-corrected chi connectivity index (χ2v) is 6.70. The van der Waals surface area contributed by atoms with Crippen molar-refractivity contribution >= 4 is 23.4 Å². The molecule has 2 aromatic carbocycles. The van der Waals surface area contributed by atoms with Gasteiger partial charge in [-0.2, -0.15) is 5.10 Å². The number of carbonyl (C=O) groups is 2. The molecule has 0 aliphatic heterocycles. The Hall–Kier alpha value is -3.19. The van der Waals surface area contributed by atoms with Crippen molar-refractivity contribution in [1.82, 2.24) is 14.7 Å². The molecule has 0 spiro atoms. The summed E-state index contributed by atoms with van der Waals surface area (Å²) in [7, 11) is 1.44. The molecule has 0 saturated carbocycles. The fourth-order valence-electron chi connectivity index (χ4n) is 2.94. The molecule has 2 N–H and O–H groups in total. The van der Waals surface area contributed by atoms with Crippen molar-refractivity contribution < 1.29 is 14.0 Å². The van der Waals surface area contributed by atoms with Gasteiger partial charge >= 0.3 is 0 Å². The summed E-state index contributed by atoms with van der Waals surface area (Å²) in [5.41, 5.74) is 6.90. The Morgan fingerprint density at radius 3 is 2.68 bits per heavy atom. The van der Waals surface area contributed by atoms with Crippen LogP contribution in [0.2, 0.25) is 5.02 Å². The van der Waals surface area contributed by atoms with Crippen LogP contribution in [0, 0.1) is 5.82 Å². The summed E-state index contributed by atoms with van der Waals surface area (Å²) in [6, 6.07) is 11.7. The summed E-state index contributed by atoms with van der Waals surface area (Å²) < 4.78 is 15.1. The molecule has 1 heterocycles. The molecule has 8 heteroatoms. The van der Waals surface area contributed by atoms with Crippen molar-refractivity contribution in [3.05, 3.63) is 88.5 Å². The average Bonchev–Trinajstić information content (AvgIpc) is 3.11. The first kappa shape index (κ1) is 19.6. The van der Waals surface area contributed by atoms with E-state index in [9.17, 15) is 14.0 Å². The SMILES string of the molecule is CN(C(=O)c1cnn(Cc2ccccc2Cl)c1)C(C(N)=O)c1cccc(F)c1. The summed E-state index contributed by atoms with van der Waals surface area (Å²) in [4.78, 5) is 25.9. The van der Waals surface area contributed by atoms with E-state index in [0.29, 0.717) is 17.1 Å². The molecule has 3 aromatic rings. The largest absolute Gasteiger partial charge is 0.368 e. The minimum atomic E-state index is -1.10. The van der Waals surface area contributed by atoms with E-state index in [2.05, 4.69) is 5.10 Å². The normalized spacial score (nSPS) is 11.8. The van der Waals surface area contributed by atoms with E-state index < -0.39 is 23.7 Å². The zero-order chi connectivity index (χ0) is 20.3. The van der Waals surface area contributed by atoms with Crippen LogP contribution < -0.4 is 5.73 Å². The smallest absolute Gasteiger partial charge is 0.257 e. The molecule has 1 aromatic heterocycles. The first-order chi connectivity index (χ1) is 13.4. The maximum atomic E-state index is 13.5. The van der Waals surface area contributed by atoms with Crippen LogP contribution >= 0.6 is 11.6 Å². The highest BCUT2D eigenvalue weighted by Gasteiger charge is 2.28. The Kier molecular flexibility index (Phi) is 5.75. The highest BCUT2D eigenvalue weighted by Crippen LogP contribution is 2.22. The summed E-state index contributed by atoms with van der Waals surface area (Å²) in [6.45, 7) is 0.389. The molecule has 0 fully saturated rings. The van der Waals surface area contributed by atoms with Crippen LogP contribution in [0.4, 0.5) is 4.39 Å². The van der Waals surface area contributed by atoms with Gasteiger partial charge < -0.3 is 10.6 Å². The predicted molar refractivity (Wildman–Crippen MR) is 103 cm³/mol. The van der Waals surface area contributed by atoms with Crippen LogP contribution in [-0.4, -0.2) is 33.5 Å². The zero-order valence-electron chi connectivity index (χ0n) is 15.0. The number of benzene rings is 2. The summed E-state index contributed by atoms with van der Waals surface area (Å²) >= 11 is 6.15. The molecule has 1 unspecified atom stereocenters. The van der Waals surface area contributed by atoms with Gasteiger partial charge in [0.25, 0.3) is 5.91 Å². The van der Waals surface area contributed by atoms with Gasteiger partial charge in [0.2, 0.25) is 5.91 Å². The third-order valence-corrected chi connectivity index (χ3v) is 4.68. The molecule has 3 rings (SSSR count). The molecule has 0 bridgehead atoms. The Bertz CT molecular complexity index is 1020. The lowest BCUT2D eigenvalue weighted by Gasteiger charge is -2.25. The number of hydrogen-bond acceptors (Lipinski definition) is 3. The molecular formula is C20H18ClFN4O2. The number of rotatable bonds is 6. The number of hydrogen-bond donors (Lipinski definition) is 1. The van der Waals surface area contributed by atoms with Gasteiger partial charge in [-0.1, -0.05) is 41.9 Å². The van der Waals surface area contributed by atoms with Gasteiger partial charge in [0, 0.05) is 18.3 Å². The van der Waals surface area contributed by atoms with Gasteiger partial charge in [0.05, 0.1) is 18.3 Å². The van der Waals surface area contributed by atoms with Gasteiger partial charge in [-0.15, -0.1) is 0 Å². The van der Waals surface area contributed by atoms with Crippen molar-refractivity contribution in [2.75, 3.05) is 7.05 Å². The Morgan fingerprint density at radius 1 is 1.25 bits per heavy atom. The number of aromatic nitrogens is 2. The van der Waals surface area contributed by atoms with Gasteiger partial charge in [0.1, 0.15) is 11.9 Å².